The van der Waals surface area contributed by atoms with E-state index in [0.717, 1.165) is 17.4 Å². The highest BCUT2D eigenvalue weighted by Gasteiger charge is 2.26. The number of hydrogen-bond acceptors (Lipinski definition) is 4. The fourth-order valence-corrected chi connectivity index (χ4v) is 4.18. The molecule has 0 aliphatic rings. The minimum Gasteiger partial charge on any atom is -0.456 e. The average molecular weight is 438 g/mol. The molecule has 5 nitrogen and oxygen atoms in total. The second-order valence-corrected chi connectivity index (χ2v) is 10.2. The van der Waals surface area contributed by atoms with Gasteiger partial charge in [-0.2, -0.15) is 0 Å². The van der Waals surface area contributed by atoms with Crippen LogP contribution in [0.3, 0.4) is 0 Å². The molecule has 0 bridgehead atoms. The first-order chi connectivity index (χ1) is 14.6. The maximum absolute atomic E-state index is 13.0. The number of sulfonamides is 1. The molecule has 6 heteroatoms. The summed E-state index contributed by atoms with van der Waals surface area (Å²) in [5.41, 5.74) is 2.48. The van der Waals surface area contributed by atoms with Gasteiger partial charge in [0.1, 0.15) is 5.60 Å². The molecular weight excluding hydrogens is 410 g/mol. The van der Waals surface area contributed by atoms with Crippen LogP contribution in [-0.4, -0.2) is 26.2 Å². The zero-order valence-corrected chi connectivity index (χ0v) is 19.0. The van der Waals surface area contributed by atoms with Crippen LogP contribution in [0.4, 0.5) is 5.69 Å². The summed E-state index contributed by atoms with van der Waals surface area (Å²) in [4.78, 5) is 13.0. The lowest BCUT2D eigenvalue weighted by atomic mass is 9.95. The van der Waals surface area contributed by atoms with E-state index in [4.69, 9.17) is 4.74 Å². The third-order valence-corrected chi connectivity index (χ3v) is 5.77. The quantitative estimate of drug-likeness (QED) is 0.493. The standard InChI is InChI=1S/C25H27NO4S/c1-25(2,3)30-24(27)22-17-11-16-21(19-12-7-5-8-13-19)23(22)18-26(31(4,28)29)20-14-9-6-10-15-20/h5-17H,18H2,1-4H3. The SMILES string of the molecule is CC(C)(C)OC(=O)c1cccc(-c2ccccc2)c1CN(c1ccccc1)S(C)(=O)=O. The van der Waals surface area contributed by atoms with Crippen molar-refractivity contribution in [1.29, 1.82) is 0 Å². The number of esters is 1. The van der Waals surface area contributed by atoms with Crippen LogP contribution in [0.1, 0.15) is 36.7 Å². The van der Waals surface area contributed by atoms with Crippen LogP contribution in [0.15, 0.2) is 78.9 Å². The average Bonchev–Trinajstić information content (AvgIpc) is 2.71. The van der Waals surface area contributed by atoms with Gasteiger partial charge in [-0.1, -0.05) is 60.7 Å². The number of benzene rings is 3. The lowest BCUT2D eigenvalue weighted by Gasteiger charge is -2.26. The molecule has 162 valence electrons. The second-order valence-electron chi connectivity index (χ2n) is 8.30. The summed E-state index contributed by atoms with van der Waals surface area (Å²) in [5, 5.41) is 0. The first kappa shape index (κ1) is 22.6. The van der Waals surface area contributed by atoms with Gasteiger partial charge in [0.05, 0.1) is 24.1 Å². The minimum absolute atomic E-state index is 0.00247. The number of hydrogen-bond donors (Lipinski definition) is 0. The van der Waals surface area contributed by atoms with Crippen LogP contribution in [-0.2, 0) is 21.3 Å². The van der Waals surface area contributed by atoms with E-state index in [1.54, 1.807) is 57.2 Å². The number of para-hydroxylation sites is 1. The zero-order chi connectivity index (χ0) is 22.6. The van der Waals surface area contributed by atoms with E-state index in [2.05, 4.69) is 0 Å². The second kappa shape index (κ2) is 8.94. The fourth-order valence-electron chi connectivity index (χ4n) is 3.31. The Morgan fingerprint density at radius 3 is 2.00 bits per heavy atom. The summed E-state index contributed by atoms with van der Waals surface area (Å²) in [6.45, 7) is 5.41. The van der Waals surface area contributed by atoms with Gasteiger partial charge in [0.2, 0.25) is 10.0 Å². The molecule has 0 amide bonds. The highest BCUT2D eigenvalue weighted by Crippen LogP contribution is 2.31. The number of anilines is 1. The first-order valence-electron chi connectivity index (χ1n) is 10.00. The van der Waals surface area contributed by atoms with Crippen molar-refractivity contribution in [2.75, 3.05) is 10.6 Å². The molecule has 3 aromatic rings. The van der Waals surface area contributed by atoms with E-state index in [1.165, 1.54) is 4.31 Å². The molecule has 0 aliphatic heterocycles. The van der Waals surface area contributed by atoms with Crippen molar-refractivity contribution in [3.05, 3.63) is 90.0 Å². The highest BCUT2D eigenvalue weighted by atomic mass is 32.2. The lowest BCUT2D eigenvalue weighted by Crippen LogP contribution is -2.31. The van der Waals surface area contributed by atoms with Crippen molar-refractivity contribution in [2.24, 2.45) is 0 Å². The lowest BCUT2D eigenvalue weighted by molar-refractivity contribution is 0.00684. The third kappa shape index (κ3) is 5.73. The Morgan fingerprint density at radius 1 is 0.871 bits per heavy atom. The van der Waals surface area contributed by atoms with E-state index in [0.29, 0.717) is 16.8 Å². The Kier molecular flexibility index (Phi) is 6.51. The van der Waals surface area contributed by atoms with Crippen molar-refractivity contribution in [3.8, 4) is 11.1 Å². The Morgan fingerprint density at radius 2 is 1.45 bits per heavy atom. The van der Waals surface area contributed by atoms with Gasteiger partial charge in [0.15, 0.2) is 0 Å². The summed E-state index contributed by atoms with van der Waals surface area (Å²) >= 11 is 0. The van der Waals surface area contributed by atoms with Crippen LogP contribution >= 0.6 is 0 Å². The number of nitrogens with zero attached hydrogens (tertiary/aromatic N) is 1. The predicted octanol–water partition coefficient (Wildman–Crippen LogP) is 5.28. The maximum atomic E-state index is 13.0. The van der Waals surface area contributed by atoms with E-state index in [9.17, 15) is 13.2 Å². The third-order valence-electron chi connectivity index (χ3n) is 4.63. The Bertz CT molecular complexity index is 1150. The van der Waals surface area contributed by atoms with Crippen molar-refractivity contribution in [3.63, 3.8) is 0 Å². The maximum Gasteiger partial charge on any atom is 0.339 e. The molecule has 0 spiro atoms. The Hall–Kier alpha value is -3.12. The highest BCUT2D eigenvalue weighted by molar-refractivity contribution is 7.92. The van der Waals surface area contributed by atoms with Crippen molar-refractivity contribution in [2.45, 2.75) is 32.9 Å². The summed E-state index contributed by atoms with van der Waals surface area (Å²) in [7, 11) is -3.61. The predicted molar refractivity (Wildman–Crippen MR) is 125 cm³/mol. The monoisotopic (exact) mass is 437 g/mol. The van der Waals surface area contributed by atoms with Crippen LogP contribution < -0.4 is 4.31 Å². The molecule has 0 heterocycles. The largest absolute Gasteiger partial charge is 0.456 e. The van der Waals surface area contributed by atoms with Crippen LogP contribution in [0, 0.1) is 0 Å². The van der Waals surface area contributed by atoms with E-state index < -0.39 is 21.6 Å². The number of carbonyl (C=O) groups is 1. The molecule has 0 aromatic heterocycles. The van der Waals surface area contributed by atoms with Gasteiger partial charge in [-0.25, -0.2) is 13.2 Å². The molecule has 0 N–H and O–H groups in total. The van der Waals surface area contributed by atoms with Gasteiger partial charge in [0.25, 0.3) is 0 Å². The topological polar surface area (TPSA) is 63.7 Å². The minimum atomic E-state index is -3.61. The Balaban J connectivity index is 2.19. The number of rotatable bonds is 6. The van der Waals surface area contributed by atoms with E-state index in [1.807, 2.05) is 42.5 Å². The van der Waals surface area contributed by atoms with Gasteiger partial charge in [-0.15, -0.1) is 0 Å². The first-order valence-corrected chi connectivity index (χ1v) is 11.8. The normalized spacial score (nSPS) is 11.7. The molecule has 3 aromatic carbocycles. The fraction of sp³-hybridized carbons (Fsp3) is 0.240. The number of carbonyl (C=O) groups excluding carboxylic acids is 1. The van der Waals surface area contributed by atoms with Gasteiger partial charge in [-0.05, 0) is 55.7 Å². The van der Waals surface area contributed by atoms with Crippen molar-refractivity contribution >= 4 is 21.7 Å². The Labute approximate surface area is 184 Å². The molecule has 0 atom stereocenters. The van der Waals surface area contributed by atoms with Crippen molar-refractivity contribution in [1.82, 2.24) is 0 Å². The molecule has 0 unspecified atom stereocenters. The molecule has 0 saturated heterocycles. The smallest absolute Gasteiger partial charge is 0.339 e. The summed E-state index contributed by atoms with van der Waals surface area (Å²) in [6, 6.07) is 23.8. The molecule has 0 radical (unpaired) electrons. The van der Waals surface area contributed by atoms with Gasteiger partial charge >= 0.3 is 5.97 Å². The molecule has 0 fully saturated rings. The zero-order valence-electron chi connectivity index (χ0n) is 18.2. The summed E-state index contributed by atoms with van der Waals surface area (Å²) in [5.74, 6) is -0.484. The van der Waals surface area contributed by atoms with Gasteiger partial charge < -0.3 is 4.74 Å². The summed E-state index contributed by atoms with van der Waals surface area (Å²) in [6.07, 6.45) is 1.16. The molecule has 0 saturated carbocycles. The summed E-state index contributed by atoms with van der Waals surface area (Å²) < 4.78 is 32.3. The van der Waals surface area contributed by atoms with E-state index >= 15 is 0 Å². The molecule has 0 aliphatic carbocycles. The van der Waals surface area contributed by atoms with Gasteiger partial charge in [0, 0.05) is 0 Å². The van der Waals surface area contributed by atoms with Gasteiger partial charge in [-0.3, -0.25) is 4.31 Å². The van der Waals surface area contributed by atoms with Crippen LogP contribution in [0.5, 0.6) is 0 Å². The van der Waals surface area contributed by atoms with E-state index in [-0.39, 0.29) is 6.54 Å². The molecule has 3 rings (SSSR count). The number of ether oxygens (including phenoxy) is 1. The molecule has 31 heavy (non-hydrogen) atoms. The van der Waals surface area contributed by atoms with Crippen LogP contribution in [0.25, 0.3) is 11.1 Å². The molecular formula is C25H27NO4S. The van der Waals surface area contributed by atoms with Crippen molar-refractivity contribution < 1.29 is 17.9 Å². The van der Waals surface area contributed by atoms with Crippen LogP contribution in [0.2, 0.25) is 0 Å².